The van der Waals surface area contributed by atoms with E-state index in [2.05, 4.69) is 29.5 Å². The normalized spacial score (nSPS) is 13.5. The molecule has 6 nitrogen and oxygen atoms in total. The maximum absolute atomic E-state index is 5.48. The molecule has 1 aromatic carbocycles. The van der Waals surface area contributed by atoms with Crippen molar-refractivity contribution in [2.24, 2.45) is 10.7 Å². The van der Waals surface area contributed by atoms with Crippen LogP contribution in [0.4, 0.5) is 5.69 Å². The lowest BCUT2D eigenvalue weighted by Gasteiger charge is -2.15. The van der Waals surface area contributed by atoms with E-state index in [9.17, 15) is 0 Å². The Bertz CT molecular complexity index is 508. The van der Waals surface area contributed by atoms with Gasteiger partial charge in [-0.1, -0.05) is 0 Å². The monoisotopic (exact) mass is 324 g/mol. The molecule has 0 aliphatic carbocycles. The third kappa shape index (κ3) is 5.31. The van der Waals surface area contributed by atoms with Crippen molar-refractivity contribution in [1.82, 2.24) is 5.32 Å². The van der Waals surface area contributed by atoms with Crippen molar-refractivity contribution in [2.45, 2.75) is 19.9 Å². The molecule has 2 rings (SSSR count). The SMILES string of the molecule is CC(C)NC(=NCCSCCN)Nc1ccc2c(c1)OCO2. The van der Waals surface area contributed by atoms with Gasteiger partial charge in [-0.25, -0.2) is 0 Å². The van der Waals surface area contributed by atoms with Gasteiger partial charge in [0.2, 0.25) is 6.79 Å². The molecule has 0 unspecified atom stereocenters. The third-order valence-electron chi connectivity index (χ3n) is 2.83. The van der Waals surface area contributed by atoms with Crippen molar-refractivity contribution >= 4 is 23.4 Å². The predicted molar refractivity (Wildman–Crippen MR) is 93.1 cm³/mol. The van der Waals surface area contributed by atoms with Crippen molar-refractivity contribution in [2.75, 3.05) is 36.7 Å². The van der Waals surface area contributed by atoms with Gasteiger partial charge in [-0.05, 0) is 26.0 Å². The number of rotatable bonds is 7. The lowest BCUT2D eigenvalue weighted by Crippen LogP contribution is -2.36. The zero-order chi connectivity index (χ0) is 15.8. The Hall–Kier alpha value is -1.60. The second-order valence-electron chi connectivity index (χ2n) is 5.12. The number of fused-ring (bicyclic) bond motifs is 1. The molecule has 122 valence electrons. The zero-order valence-corrected chi connectivity index (χ0v) is 13.9. The van der Waals surface area contributed by atoms with Crippen molar-refractivity contribution in [3.8, 4) is 11.5 Å². The predicted octanol–water partition coefficient (Wildman–Crippen LogP) is 1.87. The summed E-state index contributed by atoms with van der Waals surface area (Å²) >= 11 is 1.81. The molecule has 4 N–H and O–H groups in total. The van der Waals surface area contributed by atoms with Gasteiger partial charge in [0.25, 0.3) is 0 Å². The van der Waals surface area contributed by atoms with E-state index in [0.717, 1.165) is 41.2 Å². The summed E-state index contributed by atoms with van der Waals surface area (Å²) in [6, 6.07) is 6.07. The maximum atomic E-state index is 5.48. The topological polar surface area (TPSA) is 80.9 Å². The largest absolute Gasteiger partial charge is 0.454 e. The number of hydrogen-bond acceptors (Lipinski definition) is 5. The van der Waals surface area contributed by atoms with Crippen molar-refractivity contribution in [1.29, 1.82) is 0 Å². The number of benzene rings is 1. The van der Waals surface area contributed by atoms with E-state index in [1.807, 2.05) is 30.0 Å². The summed E-state index contributed by atoms with van der Waals surface area (Å²) in [5, 5.41) is 6.62. The average Bonchev–Trinajstić information content (AvgIpc) is 2.94. The first-order valence-corrected chi connectivity index (χ1v) is 8.60. The molecule has 0 fully saturated rings. The Morgan fingerprint density at radius 2 is 2.14 bits per heavy atom. The van der Waals surface area contributed by atoms with Crippen LogP contribution in [0.15, 0.2) is 23.2 Å². The van der Waals surface area contributed by atoms with E-state index in [1.54, 1.807) is 0 Å². The number of nitrogens with two attached hydrogens (primary N) is 1. The summed E-state index contributed by atoms with van der Waals surface area (Å²) in [4.78, 5) is 4.59. The molecular formula is C15H24N4O2S. The van der Waals surface area contributed by atoms with Gasteiger partial charge in [-0.3, -0.25) is 4.99 Å². The number of hydrogen-bond donors (Lipinski definition) is 3. The molecule has 0 amide bonds. The van der Waals surface area contributed by atoms with E-state index < -0.39 is 0 Å². The molecule has 0 saturated carbocycles. The van der Waals surface area contributed by atoms with Crippen LogP contribution in [0.5, 0.6) is 11.5 Å². The van der Waals surface area contributed by atoms with Crippen molar-refractivity contribution in [3.63, 3.8) is 0 Å². The first-order valence-electron chi connectivity index (χ1n) is 7.44. The molecule has 1 heterocycles. The molecule has 0 bridgehead atoms. The molecule has 7 heteroatoms. The number of nitrogens with one attached hydrogen (secondary N) is 2. The van der Waals surface area contributed by atoms with Gasteiger partial charge < -0.3 is 25.8 Å². The fourth-order valence-corrected chi connectivity index (χ4v) is 2.50. The Labute approximate surface area is 135 Å². The van der Waals surface area contributed by atoms with Gasteiger partial charge in [0.05, 0.1) is 6.54 Å². The van der Waals surface area contributed by atoms with Crippen LogP contribution in [0.3, 0.4) is 0 Å². The number of aliphatic imine (C=N–C) groups is 1. The number of nitrogens with zero attached hydrogens (tertiary/aromatic N) is 1. The number of guanidine groups is 1. The summed E-state index contributed by atoms with van der Waals surface area (Å²) in [7, 11) is 0. The minimum absolute atomic E-state index is 0.280. The minimum Gasteiger partial charge on any atom is -0.454 e. The Morgan fingerprint density at radius 3 is 2.91 bits per heavy atom. The Balaban J connectivity index is 1.95. The second kappa shape index (κ2) is 8.75. The van der Waals surface area contributed by atoms with Crippen LogP contribution in [0.1, 0.15) is 13.8 Å². The van der Waals surface area contributed by atoms with Crippen molar-refractivity contribution < 1.29 is 9.47 Å². The highest BCUT2D eigenvalue weighted by atomic mass is 32.2. The fraction of sp³-hybridized carbons (Fsp3) is 0.533. The number of thioether (sulfide) groups is 1. The van der Waals surface area contributed by atoms with Gasteiger partial charge in [0, 0.05) is 35.8 Å². The van der Waals surface area contributed by atoms with Gasteiger partial charge in [0.15, 0.2) is 17.5 Å². The van der Waals surface area contributed by atoms with Gasteiger partial charge >= 0.3 is 0 Å². The molecule has 0 atom stereocenters. The van der Waals surface area contributed by atoms with Crippen LogP contribution in [0, 0.1) is 0 Å². The quantitative estimate of drug-likeness (QED) is 0.404. The second-order valence-corrected chi connectivity index (χ2v) is 6.35. The Kier molecular flexibility index (Phi) is 6.67. The molecule has 1 aliphatic heterocycles. The van der Waals surface area contributed by atoms with Crippen molar-refractivity contribution in [3.05, 3.63) is 18.2 Å². The van der Waals surface area contributed by atoms with Crippen LogP contribution in [0.2, 0.25) is 0 Å². The van der Waals surface area contributed by atoms with Crippen LogP contribution < -0.4 is 25.8 Å². The van der Waals surface area contributed by atoms with E-state index in [4.69, 9.17) is 15.2 Å². The fourth-order valence-electron chi connectivity index (χ4n) is 1.91. The third-order valence-corrected chi connectivity index (χ3v) is 3.82. The van der Waals surface area contributed by atoms with E-state index in [1.165, 1.54) is 0 Å². The highest BCUT2D eigenvalue weighted by Gasteiger charge is 2.13. The summed E-state index contributed by atoms with van der Waals surface area (Å²) < 4.78 is 10.7. The zero-order valence-electron chi connectivity index (χ0n) is 13.1. The smallest absolute Gasteiger partial charge is 0.231 e. The molecule has 0 spiro atoms. The van der Waals surface area contributed by atoms with E-state index in [-0.39, 0.29) is 6.79 Å². The summed E-state index contributed by atoms with van der Waals surface area (Å²) in [6.45, 7) is 5.90. The molecule has 22 heavy (non-hydrogen) atoms. The minimum atomic E-state index is 0.280. The number of anilines is 1. The Morgan fingerprint density at radius 1 is 1.32 bits per heavy atom. The van der Waals surface area contributed by atoms with Gasteiger partial charge in [0.1, 0.15) is 0 Å². The van der Waals surface area contributed by atoms with Crippen LogP contribution in [-0.4, -0.2) is 43.4 Å². The first kappa shape index (κ1) is 16.8. The highest BCUT2D eigenvalue weighted by molar-refractivity contribution is 7.99. The molecule has 0 radical (unpaired) electrons. The standard InChI is InChI=1S/C15H24N4O2S/c1-11(2)18-15(17-6-8-22-7-5-16)19-12-3-4-13-14(9-12)21-10-20-13/h3-4,9,11H,5-8,10,16H2,1-2H3,(H2,17,18,19). The lowest BCUT2D eigenvalue weighted by atomic mass is 10.3. The highest BCUT2D eigenvalue weighted by Crippen LogP contribution is 2.34. The maximum Gasteiger partial charge on any atom is 0.231 e. The summed E-state index contributed by atoms with van der Waals surface area (Å²) in [6.07, 6.45) is 0. The van der Waals surface area contributed by atoms with Crippen LogP contribution in [-0.2, 0) is 0 Å². The van der Waals surface area contributed by atoms with Crippen LogP contribution in [0.25, 0.3) is 0 Å². The molecule has 0 saturated heterocycles. The van der Waals surface area contributed by atoms with Gasteiger partial charge in [-0.15, -0.1) is 0 Å². The average molecular weight is 324 g/mol. The lowest BCUT2D eigenvalue weighted by molar-refractivity contribution is 0.174. The molecule has 1 aliphatic rings. The van der Waals surface area contributed by atoms with Gasteiger partial charge in [-0.2, -0.15) is 11.8 Å². The molecule has 1 aromatic rings. The first-order chi connectivity index (χ1) is 10.7. The summed E-state index contributed by atoms with van der Waals surface area (Å²) in [5.41, 5.74) is 6.40. The van der Waals surface area contributed by atoms with E-state index in [0.29, 0.717) is 12.6 Å². The molecule has 0 aromatic heterocycles. The summed E-state index contributed by atoms with van der Waals surface area (Å²) in [5.74, 6) is 4.23. The molecular weight excluding hydrogens is 300 g/mol. The number of ether oxygens (including phenoxy) is 2. The van der Waals surface area contributed by atoms with Crippen LogP contribution >= 0.6 is 11.8 Å². The van der Waals surface area contributed by atoms with E-state index >= 15 is 0 Å².